The van der Waals surface area contributed by atoms with Gasteiger partial charge in [0.2, 0.25) is 0 Å². The van der Waals surface area contributed by atoms with Crippen molar-refractivity contribution in [2.24, 2.45) is 7.05 Å². The van der Waals surface area contributed by atoms with Crippen molar-refractivity contribution >= 4 is 5.91 Å². The number of amides is 1. The number of nitrogens with zero attached hydrogens (tertiary/aromatic N) is 3. The highest BCUT2D eigenvalue weighted by atomic mass is 19.4. The summed E-state index contributed by atoms with van der Waals surface area (Å²) in [6, 6.07) is 8.66. The Balaban J connectivity index is 1.91. The Morgan fingerprint density at radius 1 is 1.19 bits per heavy atom. The van der Waals surface area contributed by atoms with E-state index >= 15 is 0 Å². The molecule has 3 rings (SSSR count). The first-order valence-electron chi connectivity index (χ1n) is 9.45. The van der Waals surface area contributed by atoms with E-state index < -0.39 is 17.6 Å². The van der Waals surface area contributed by atoms with Crippen molar-refractivity contribution in [3.63, 3.8) is 0 Å². The molecule has 0 aliphatic heterocycles. The average molecular weight is 434 g/mol. The minimum atomic E-state index is -4.44. The monoisotopic (exact) mass is 434 g/mol. The van der Waals surface area contributed by atoms with E-state index in [0.29, 0.717) is 12.1 Å². The Hall–Kier alpha value is -3.40. The first-order valence-corrected chi connectivity index (χ1v) is 9.45. The van der Waals surface area contributed by atoms with Crippen LogP contribution in [0.15, 0.2) is 48.7 Å². The van der Waals surface area contributed by atoms with Gasteiger partial charge in [0.15, 0.2) is 5.75 Å². The van der Waals surface area contributed by atoms with Crippen LogP contribution in [-0.4, -0.2) is 38.4 Å². The number of halogens is 3. The fraction of sp³-hybridized carbons (Fsp3) is 0.286. The van der Waals surface area contributed by atoms with E-state index in [2.05, 4.69) is 15.4 Å². The third-order valence-corrected chi connectivity index (χ3v) is 4.40. The van der Waals surface area contributed by atoms with Gasteiger partial charge in [0.25, 0.3) is 5.91 Å². The molecule has 0 aliphatic carbocycles. The van der Waals surface area contributed by atoms with Crippen LogP contribution in [0.4, 0.5) is 13.2 Å². The van der Waals surface area contributed by atoms with Gasteiger partial charge in [-0.05, 0) is 55.8 Å². The third-order valence-electron chi connectivity index (χ3n) is 4.40. The number of carbonyl (C=O) groups excluding carboxylic acids is 1. The Morgan fingerprint density at radius 2 is 1.90 bits per heavy atom. The van der Waals surface area contributed by atoms with Crippen LogP contribution in [0.5, 0.6) is 11.5 Å². The number of hydrogen-bond acceptors (Lipinski definition) is 5. The smallest absolute Gasteiger partial charge is 0.416 e. The van der Waals surface area contributed by atoms with E-state index in [-0.39, 0.29) is 35.5 Å². The summed E-state index contributed by atoms with van der Waals surface area (Å²) in [6.07, 6.45) is -2.36. The Bertz CT molecular complexity index is 1050. The lowest BCUT2D eigenvalue weighted by Crippen LogP contribution is -2.33. The Labute approximate surface area is 176 Å². The summed E-state index contributed by atoms with van der Waals surface area (Å²) >= 11 is 0. The van der Waals surface area contributed by atoms with Crippen LogP contribution >= 0.6 is 0 Å². The van der Waals surface area contributed by atoms with Crippen molar-refractivity contribution in [2.45, 2.75) is 25.6 Å². The largest absolute Gasteiger partial charge is 0.455 e. The highest BCUT2D eigenvalue weighted by Gasteiger charge is 2.30. The van der Waals surface area contributed by atoms with Gasteiger partial charge in [-0.1, -0.05) is 0 Å². The predicted molar refractivity (Wildman–Crippen MR) is 107 cm³/mol. The van der Waals surface area contributed by atoms with Gasteiger partial charge in [0, 0.05) is 25.9 Å². The summed E-state index contributed by atoms with van der Waals surface area (Å²) in [6.45, 7) is 1.70. The first-order chi connectivity index (χ1) is 14.7. The van der Waals surface area contributed by atoms with Crippen LogP contribution in [0.2, 0.25) is 0 Å². The van der Waals surface area contributed by atoms with Gasteiger partial charge in [0.05, 0.1) is 5.56 Å². The average Bonchev–Trinajstić information content (AvgIpc) is 3.14. The molecule has 1 aromatic carbocycles. The number of aromatic nitrogens is 3. The topological polar surface area (TPSA) is 89.3 Å². The maximum atomic E-state index is 12.8. The molecule has 0 radical (unpaired) electrons. The fourth-order valence-electron chi connectivity index (χ4n) is 2.78. The predicted octanol–water partition coefficient (Wildman–Crippen LogP) is 3.79. The fourth-order valence-corrected chi connectivity index (χ4v) is 2.78. The van der Waals surface area contributed by atoms with Crippen molar-refractivity contribution in [3.8, 4) is 22.9 Å². The zero-order valence-corrected chi connectivity index (χ0v) is 16.8. The molecule has 1 amide bonds. The third kappa shape index (κ3) is 5.60. The molecular formula is C21H21F3N4O3. The van der Waals surface area contributed by atoms with Crippen molar-refractivity contribution in [1.29, 1.82) is 0 Å². The minimum Gasteiger partial charge on any atom is -0.455 e. The maximum absolute atomic E-state index is 12.8. The van der Waals surface area contributed by atoms with Crippen LogP contribution < -0.4 is 10.1 Å². The molecule has 0 fully saturated rings. The molecule has 0 saturated carbocycles. The number of aliphatic hydroxyl groups excluding tert-OH is 1. The zero-order chi connectivity index (χ0) is 22.6. The number of alkyl halides is 3. The van der Waals surface area contributed by atoms with E-state index in [0.717, 1.165) is 12.1 Å². The lowest BCUT2D eigenvalue weighted by atomic mass is 10.2. The molecule has 2 aromatic heterocycles. The summed E-state index contributed by atoms with van der Waals surface area (Å²) in [4.78, 5) is 16.9. The van der Waals surface area contributed by atoms with Gasteiger partial charge in [-0.3, -0.25) is 9.48 Å². The van der Waals surface area contributed by atoms with Crippen molar-refractivity contribution < 1.29 is 27.8 Å². The summed E-state index contributed by atoms with van der Waals surface area (Å²) < 4.78 is 45.6. The van der Waals surface area contributed by atoms with E-state index in [9.17, 15) is 18.0 Å². The van der Waals surface area contributed by atoms with E-state index in [1.54, 1.807) is 30.9 Å². The molecule has 3 aromatic rings. The molecule has 0 aliphatic rings. The molecule has 2 heterocycles. The lowest BCUT2D eigenvalue weighted by Gasteiger charge is -2.14. The summed E-state index contributed by atoms with van der Waals surface area (Å²) in [5, 5.41) is 16.0. The minimum absolute atomic E-state index is 0.0615. The normalized spacial score (nSPS) is 12.5. The Kier molecular flexibility index (Phi) is 6.59. The molecular weight excluding hydrogens is 413 g/mol. The molecule has 2 N–H and O–H groups in total. The van der Waals surface area contributed by atoms with Crippen molar-refractivity contribution in [2.75, 3.05) is 6.61 Å². The van der Waals surface area contributed by atoms with E-state index in [4.69, 9.17) is 9.84 Å². The van der Waals surface area contributed by atoms with Gasteiger partial charge in [0.1, 0.15) is 22.8 Å². The highest BCUT2D eigenvalue weighted by Crippen LogP contribution is 2.34. The number of hydrogen-bond donors (Lipinski definition) is 2. The second-order valence-electron chi connectivity index (χ2n) is 6.93. The number of carbonyl (C=O) groups is 1. The lowest BCUT2D eigenvalue weighted by molar-refractivity contribution is -0.137. The number of aliphatic hydroxyl groups is 1. The van der Waals surface area contributed by atoms with Crippen molar-refractivity contribution in [3.05, 3.63) is 59.9 Å². The van der Waals surface area contributed by atoms with E-state index in [1.807, 2.05) is 0 Å². The van der Waals surface area contributed by atoms with Gasteiger partial charge in [-0.15, -0.1) is 0 Å². The number of nitrogens with one attached hydrogen (secondary N) is 1. The molecule has 31 heavy (non-hydrogen) atoms. The van der Waals surface area contributed by atoms with Gasteiger partial charge < -0.3 is 15.2 Å². The molecule has 0 spiro atoms. The standard InChI is InChI=1S/C21H21F3N4O3/c1-13(10-12-29)25-20(30)17-7-8-18(19(26-17)16-9-11-28(2)27-16)31-15-5-3-14(4-6-15)21(22,23)24/h3-9,11,13,29H,10,12H2,1-2H3,(H,25,30)/t13-/m1/s1. The van der Waals surface area contributed by atoms with Crippen LogP contribution in [0.3, 0.4) is 0 Å². The second-order valence-corrected chi connectivity index (χ2v) is 6.93. The number of aryl methyl sites for hydroxylation is 1. The summed E-state index contributed by atoms with van der Waals surface area (Å²) in [5.41, 5.74) is 0.0302. The first kappa shape index (κ1) is 22.3. The van der Waals surface area contributed by atoms with Crippen LogP contribution in [0, 0.1) is 0 Å². The number of rotatable bonds is 7. The van der Waals surface area contributed by atoms with Crippen LogP contribution in [-0.2, 0) is 13.2 Å². The SMILES string of the molecule is C[C@H](CCO)NC(=O)c1ccc(Oc2ccc(C(F)(F)F)cc2)c(-c2ccn(C)n2)n1. The number of ether oxygens (including phenoxy) is 1. The van der Waals surface area contributed by atoms with Crippen LogP contribution in [0.25, 0.3) is 11.4 Å². The molecule has 164 valence electrons. The summed E-state index contributed by atoms with van der Waals surface area (Å²) in [7, 11) is 1.72. The quantitative estimate of drug-likeness (QED) is 0.591. The van der Waals surface area contributed by atoms with Crippen LogP contribution in [0.1, 0.15) is 29.4 Å². The van der Waals surface area contributed by atoms with Gasteiger partial charge >= 0.3 is 6.18 Å². The van der Waals surface area contributed by atoms with Gasteiger partial charge in [-0.2, -0.15) is 18.3 Å². The molecule has 0 bridgehead atoms. The maximum Gasteiger partial charge on any atom is 0.416 e. The molecule has 10 heteroatoms. The second kappa shape index (κ2) is 9.17. The van der Waals surface area contributed by atoms with Gasteiger partial charge in [-0.25, -0.2) is 4.98 Å². The number of pyridine rings is 1. The molecule has 1 atom stereocenters. The molecule has 0 saturated heterocycles. The highest BCUT2D eigenvalue weighted by molar-refractivity contribution is 5.93. The molecule has 7 nitrogen and oxygen atoms in total. The Morgan fingerprint density at radius 3 is 2.48 bits per heavy atom. The van der Waals surface area contributed by atoms with Crippen molar-refractivity contribution in [1.82, 2.24) is 20.1 Å². The number of benzene rings is 1. The summed E-state index contributed by atoms with van der Waals surface area (Å²) in [5.74, 6) is -0.0154. The zero-order valence-electron chi connectivity index (χ0n) is 16.8. The van der Waals surface area contributed by atoms with E-state index in [1.165, 1.54) is 24.3 Å². The molecule has 0 unspecified atom stereocenters.